The van der Waals surface area contributed by atoms with Crippen molar-refractivity contribution in [2.75, 3.05) is 0 Å². The maximum Gasteiger partial charge on any atom is 0.290 e. The zero-order chi connectivity index (χ0) is 40.0. The number of ketones is 1. The van der Waals surface area contributed by atoms with Crippen molar-refractivity contribution in [2.45, 2.75) is 147 Å². The minimum Gasteiger partial charge on any atom is -0.344 e. The highest BCUT2D eigenvalue weighted by atomic mass is 16.2. The van der Waals surface area contributed by atoms with Gasteiger partial charge < -0.3 is 26.2 Å². The van der Waals surface area contributed by atoms with E-state index in [-0.39, 0.29) is 41.8 Å². The van der Waals surface area contributed by atoms with E-state index in [0.29, 0.717) is 12.8 Å². The van der Waals surface area contributed by atoms with E-state index in [1.54, 1.807) is 11.8 Å². The lowest BCUT2D eigenvalue weighted by Crippen LogP contribution is -2.58. The first kappa shape index (κ1) is 41.0. The van der Waals surface area contributed by atoms with Crippen LogP contribution in [0.4, 0.5) is 0 Å². The average Bonchev–Trinajstić information content (AvgIpc) is 3.71. The summed E-state index contributed by atoms with van der Waals surface area (Å²) in [4.78, 5) is 93.7. The molecule has 5 amide bonds. The Morgan fingerprint density at radius 1 is 0.893 bits per heavy atom. The molecule has 2 saturated carbocycles. The Morgan fingerprint density at radius 2 is 1.57 bits per heavy atom. The molecule has 0 bridgehead atoms. The van der Waals surface area contributed by atoms with Gasteiger partial charge in [0.25, 0.3) is 11.8 Å². The third-order valence-electron chi connectivity index (χ3n) is 13.0. The predicted octanol–water partition coefficient (Wildman–Crippen LogP) is 4.58. The Morgan fingerprint density at radius 3 is 2.21 bits per heavy atom. The van der Waals surface area contributed by atoms with Crippen LogP contribution in [0.5, 0.6) is 0 Å². The van der Waals surface area contributed by atoms with Crippen molar-refractivity contribution in [3.8, 4) is 0 Å². The van der Waals surface area contributed by atoms with Crippen LogP contribution >= 0.6 is 0 Å². The van der Waals surface area contributed by atoms with Crippen molar-refractivity contribution < 1.29 is 28.8 Å². The standard InChI is InChI=1S/C43H59N7O6/c1-5-15-31(36(51)41(55)46-26(2)27-16-9-6-10-17-27)47-40(54)35-30(28-18-11-7-12-19-28)24-33-43(3,4)37(42(56)50(33)35)49-39(53)34(29-20-13-8-14-21-29)48-38(52)32-25-44-22-23-45-32/h6,9-10,16-17,22-23,25-26,28-31,33-35,37H,5,7-8,11-15,18-21,24H2,1-4H3,(H,46,55)(H,47,54)(H,48,52)(H,49,53)/t26-,30+,31?,33?,34-,35-,37+/m0/s1. The second kappa shape index (κ2) is 18.1. The van der Waals surface area contributed by atoms with Crippen LogP contribution in [0.1, 0.15) is 133 Å². The number of benzene rings is 1. The molecular formula is C43H59N7O6. The second-order valence-corrected chi connectivity index (χ2v) is 17.0. The summed E-state index contributed by atoms with van der Waals surface area (Å²) in [5.41, 5.74) is 0.198. The molecule has 13 heteroatoms. The Labute approximate surface area is 330 Å². The summed E-state index contributed by atoms with van der Waals surface area (Å²) in [6.07, 6.45) is 15.3. The summed E-state index contributed by atoms with van der Waals surface area (Å²) in [6, 6.07) is 4.85. The first-order valence-electron chi connectivity index (χ1n) is 20.8. The molecule has 2 saturated heterocycles. The summed E-state index contributed by atoms with van der Waals surface area (Å²) in [6.45, 7) is 7.63. The molecule has 1 aromatic carbocycles. The lowest BCUT2D eigenvalue weighted by molar-refractivity contribution is -0.143. The molecule has 302 valence electrons. The molecule has 1 aromatic heterocycles. The molecule has 4 aliphatic rings. The highest BCUT2D eigenvalue weighted by molar-refractivity contribution is 6.38. The lowest BCUT2D eigenvalue weighted by Gasteiger charge is -2.35. The van der Waals surface area contributed by atoms with Crippen molar-refractivity contribution in [2.24, 2.45) is 23.2 Å². The lowest BCUT2D eigenvalue weighted by atomic mass is 9.72. The van der Waals surface area contributed by atoms with Gasteiger partial charge in [0.05, 0.1) is 18.3 Å². The number of amides is 5. The van der Waals surface area contributed by atoms with Gasteiger partial charge in [0, 0.05) is 23.9 Å². The van der Waals surface area contributed by atoms with Crippen molar-refractivity contribution in [1.29, 1.82) is 0 Å². The highest BCUT2D eigenvalue weighted by Crippen LogP contribution is 2.51. The second-order valence-electron chi connectivity index (χ2n) is 17.0. The molecule has 3 heterocycles. The van der Waals surface area contributed by atoms with E-state index in [9.17, 15) is 28.8 Å². The maximum absolute atomic E-state index is 14.7. The number of Topliss-reactive ketones (excluding diaryl/α,β-unsaturated/α-hetero) is 1. The molecule has 7 atom stereocenters. The first-order chi connectivity index (χ1) is 26.9. The number of rotatable bonds is 14. The fraction of sp³-hybridized carbons (Fsp3) is 0.628. The van der Waals surface area contributed by atoms with Crippen LogP contribution in [0, 0.1) is 23.2 Å². The normalized spacial score (nSPS) is 25.4. The van der Waals surface area contributed by atoms with E-state index in [4.69, 9.17) is 0 Å². The summed E-state index contributed by atoms with van der Waals surface area (Å²) in [5, 5.41) is 11.7. The summed E-state index contributed by atoms with van der Waals surface area (Å²) in [5.74, 6) is -3.23. The fourth-order valence-electron chi connectivity index (χ4n) is 9.89. The monoisotopic (exact) mass is 769 g/mol. The van der Waals surface area contributed by atoms with Crippen molar-refractivity contribution >= 4 is 35.3 Å². The largest absolute Gasteiger partial charge is 0.344 e. The Kier molecular flexibility index (Phi) is 13.2. The van der Waals surface area contributed by atoms with Gasteiger partial charge in [-0.1, -0.05) is 109 Å². The average molecular weight is 770 g/mol. The van der Waals surface area contributed by atoms with E-state index in [0.717, 1.165) is 69.8 Å². The number of carbonyl (C=O) groups excluding carboxylic acids is 6. The Bertz CT molecular complexity index is 1730. The highest BCUT2D eigenvalue weighted by Gasteiger charge is 2.63. The van der Waals surface area contributed by atoms with Gasteiger partial charge in [0.15, 0.2) is 0 Å². The molecule has 13 nitrogen and oxygen atoms in total. The number of carbonyl (C=O) groups is 6. The van der Waals surface area contributed by atoms with Gasteiger partial charge in [0.2, 0.25) is 23.5 Å². The van der Waals surface area contributed by atoms with E-state index < -0.39 is 65.0 Å². The van der Waals surface area contributed by atoms with Gasteiger partial charge in [-0.2, -0.15) is 0 Å². The Balaban J connectivity index is 1.22. The molecule has 6 rings (SSSR count). The quantitative estimate of drug-likeness (QED) is 0.202. The van der Waals surface area contributed by atoms with E-state index in [1.807, 2.05) is 51.1 Å². The van der Waals surface area contributed by atoms with Crippen LogP contribution in [-0.4, -0.2) is 80.4 Å². The van der Waals surface area contributed by atoms with Gasteiger partial charge in [-0.15, -0.1) is 0 Å². The first-order valence-corrected chi connectivity index (χ1v) is 20.8. The zero-order valence-corrected chi connectivity index (χ0v) is 33.3. The number of hydrogen-bond donors (Lipinski definition) is 4. The smallest absolute Gasteiger partial charge is 0.290 e. The Hall–Kier alpha value is -4.68. The van der Waals surface area contributed by atoms with Crippen LogP contribution in [0.3, 0.4) is 0 Å². The van der Waals surface area contributed by atoms with Crippen LogP contribution in [-0.2, 0) is 24.0 Å². The predicted molar refractivity (Wildman–Crippen MR) is 210 cm³/mol. The van der Waals surface area contributed by atoms with Gasteiger partial charge in [-0.05, 0) is 55.9 Å². The number of aromatic nitrogens is 2. The molecule has 0 spiro atoms. The van der Waals surface area contributed by atoms with Crippen molar-refractivity contribution in [1.82, 2.24) is 36.1 Å². The van der Waals surface area contributed by atoms with Gasteiger partial charge in [-0.3, -0.25) is 33.8 Å². The summed E-state index contributed by atoms with van der Waals surface area (Å²) in [7, 11) is 0. The fourth-order valence-corrected chi connectivity index (χ4v) is 9.89. The number of nitrogens with one attached hydrogen (secondary N) is 4. The molecule has 56 heavy (non-hydrogen) atoms. The molecule has 4 fully saturated rings. The molecule has 2 aliphatic carbocycles. The van der Waals surface area contributed by atoms with Crippen LogP contribution in [0.25, 0.3) is 0 Å². The van der Waals surface area contributed by atoms with E-state index >= 15 is 0 Å². The molecular weight excluding hydrogens is 711 g/mol. The number of fused-ring (bicyclic) bond motifs is 1. The molecule has 4 N–H and O–H groups in total. The van der Waals surface area contributed by atoms with Crippen molar-refractivity contribution in [3.63, 3.8) is 0 Å². The minimum atomic E-state index is -1.06. The van der Waals surface area contributed by atoms with Crippen molar-refractivity contribution in [3.05, 3.63) is 60.2 Å². The molecule has 2 aromatic rings. The van der Waals surface area contributed by atoms with E-state index in [2.05, 4.69) is 31.2 Å². The van der Waals surface area contributed by atoms with Gasteiger partial charge in [-0.25, -0.2) is 4.98 Å². The van der Waals surface area contributed by atoms with E-state index in [1.165, 1.54) is 18.6 Å². The van der Waals surface area contributed by atoms with Crippen LogP contribution in [0.15, 0.2) is 48.9 Å². The molecule has 2 aliphatic heterocycles. The summed E-state index contributed by atoms with van der Waals surface area (Å²) >= 11 is 0. The third kappa shape index (κ3) is 8.81. The third-order valence-corrected chi connectivity index (χ3v) is 13.0. The van der Waals surface area contributed by atoms with Crippen LogP contribution in [0.2, 0.25) is 0 Å². The van der Waals surface area contributed by atoms with Gasteiger partial charge in [0.1, 0.15) is 23.8 Å². The molecule has 0 radical (unpaired) electrons. The van der Waals surface area contributed by atoms with Gasteiger partial charge >= 0.3 is 0 Å². The minimum absolute atomic E-state index is 0.102. The SMILES string of the molecule is CCCC(NC(=O)[C@@H]1[C@@H](C2CCCCC2)CC2N1C(=O)[C@@H](NC(=O)[C@@H](NC(=O)c1cnccn1)C1CCCCC1)C2(C)C)C(=O)C(=O)N[C@@H](C)c1ccccc1. The summed E-state index contributed by atoms with van der Waals surface area (Å²) < 4.78 is 0. The number of nitrogens with zero attached hydrogens (tertiary/aromatic N) is 3. The maximum atomic E-state index is 14.7. The zero-order valence-electron chi connectivity index (χ0n) is 33.3. The molecule has 2 unspecified atom stereocenters. The number of hydrogen-bond acceptors (Lipinski definition) is 8. The topological polar surface area (TPSA) is 180 Å². The van der Waals surface area contributed by atoms with Crippen LogP contribution < -0.4 is 21.3 Å².